The van der Waals surface area contributed by atoms with E-state index in [-0.39, 0.29) is 6.61 Å². The predicted octanol–water partition coefficient (Wildman–Crippen LogP) is 1.63. The smallest absolute Gasteiger partial charge is 0.324 e. The molecule has 3 unspecified atom stereocenters. The zero-order valence-corrected chi connectivity index (χ0v) is 12.2. The standard InChI is InChI=1S/C12H24O4S/c1-6-8-9(13)10(11(14)16-7-2)17(15)12(3,4)5/h9-10,13H,6-8H2,1-5H3. The van der Waals surface area contributed by atoms with Gasteiger partial charge in [-0.3, -0.25) is 9.00 Å². The van der Waals surface area contributed by atoms with Crippen molar-refractivity contribution >= 4 is 16.8 Å². The molecule has 17 heavy (non-hydrogen) atoms. The molecule has 0 radical (unpaired) electrons. The first-order chi connectivity index (χ1) is 7.75. The molecule has 1 N–H and O–H groups in total. The summed E-state index contributed by atoms with van der Waals surface area (Å²) in [5.41, 5.74) is 0. The van der Waals surface area contributed by atoms with Gasteiger partial charge in [-0.1, -0.05) is 13.3 Å². The van der Waals surface area contributed by atoms with Gasteiger partial charge in [0.1, 0.15) is 0 Å². The first kappa shape index (κ1) is 16.6. The van der Waals surface area contributed by atoms with E-state index in [1.165, 1.54) is 0 Å². The summed E-state index contributed by atoms with van der Waals surface area (Å²) in [5.74, 6) is -0.568. The maximum absolute atomic E-state index is 12.2. The molecule has 3 atom stereocenters. The molecule has 4 nitrogen and oxygen atoms in total. The highest BCUT2D eigenvalue weighted by Gasteiger charge is 2.38. The van der Waals surface area contributed by atoms with Crippen LogP contribution in [0.15, 0.2) is 0 Å². The number of aliphatic hydroxyl groups excluding tert-OH is 1. The molecule has 0 aliphatic rings. The molecule has 0 saturated heterocycles. The van der Waals surface area contributed by atoms with E-state index in [9.17, 15) is 14.1 Å². The first-order valence-electron chi connectivity index (χ1n) is 6.01. The van der Waals surface area contributed by atoms with Crippen LogP contribution in [0, 0.1) is 0 Å². The third kappa shape index (κ3) is 5.17. The summed E-state index contributed by atoms with van der Waals surface area (Å²) in [6, 6.07) is 0. The van der Waals surface area contributed by atoms with Gasteiger partial charge in [-0.25, -0.2) is 0 Å². The van der Waals surface area contributed by atoms with Crippen molar-refractivity contribution in [1.29, 1.82) is 0 Å². The highest BCUT2D eigenvalue weighted by atomic mass is 32.2. The van der Waals surface area contributed by atoms with Crippen LogP contribution in [0.1, 0.15) is 47.5 Å². The Morgan fingerprint density at radius 3 is 2.24 bits per heavy atom. The Balaban J connectivity index is 4.97. The van der Waals surface area contributed by atoms with Gasteiger partial charge in [-0.15, -0.1) is 0 Å². The Morgan fingerprint density at radius 1 is 1.35 bits per heavy atom. The van der Waals surface area contributed by atoms with Crippen molar-refractivity contribution in [2.45, 2.75) is 63.6 Å². The Morgan fingerprint density at radius 2 is 1.88 bits per heavy atom. The summed E-state index contributed by atoms with van der Waals surface area (Å²) in [6.45, 7) is 9.19. The van der Waals surface area contributed by atoms with E-state index < -0.39 is 32.9 Å². The molecular formula is C12H24O4S. The number of rotatable bonds is 6. The van der Waals surface area contributed by atoms with E-state index in [1.807, 2.05) is 6.92 Å². The number of carbonyl (C=O) groups is 1. The van der Waals surface area contributed by atoms with Crippen molar-refractivity contribution < 1.29 is 18.8 Å². The average molecular weight is 264 g/mol. The van der Waals surface area contributed by atoms with Crippen LogP contribution in [0.5, 0.6) is 0 Å². The van der Waals surface area contributed by atoms with Crippen LogP contribution < -0.4 is 0 Å². The molecule has 0 rings (SSSR count). The van der Waals surface area contributed by atoms with Crippen LogP contribution in [0.3, 0.4) is 0 Å². The maximum atomic E-state index is 12.2. The van der Waals surface area contributed by atoms with Gasteiger partial charge in [0, 0.05) is 15.5 Å². The Bertz CT molecular complexity index is 270. The zero-order valence-electron chi connectivity index (χ0n) is 11.4. The molecule has 0 aliphatic heterocycles. The van der Waals surface area contributed by atoms with E-state index in [0.717, 1.165) is 6.42 Å². The summed E-state index contributed by atoms with van der Waals surface area (Å²) in [6.07, 6.45) is 0.281. The molecule has 102 valence electrons. The van der Waals surface area contributed by atoms with Gasteiger partial charge < -0.3 is 9.84 Å². The van der Waals surface area contributed by atoms with E-state index >= 15 is 0 Å². The lowest BCUT2D eigenvalue weighted by Gasteiger charge is -2.27. The Kier molecular flexibility index (Phi) is 6.94. The van der Waals surface area contributed by atoms with E-state index in [2.05, 4.69) is 0 Å². The summed E-state index contributed by atoms with van der Waals surface area (Å²) in [5, 5.41) is 9.00. The number of ether oxygens (including phenoxy) is 1. The number of esters is 1. The maximum Gasteiger partial charge on any atom is 0.324 e. The monoisotopic (exact) mass is 264 g/mol. The molecule has 0 aliphatic carbocycles. The van der Waals surface area contributed by atoms with Crippen LogP contribution in [0.25, 0.3) is 0 Å². The third-order valence-corrected chi connectivity index (χ3v) is 4.46. The first-order valence-corrected chi connectivity index (χ1v) is 7.22. The van der Waals surface area contributed by atoms with Crippen LogP contribution in [0.4, 0.5) is 0 Å². The number of carbonyl (C=O) groups excluding carboxylic acids is 1. The van der Waals surface area contributed by atoms with Gasteiger partial charge in [-0.2, -0.15) is 0 Å². The zero-order chi connectivity index (χ0) is 13.6. The predicted molar refractivity (Wildman–Crippen MR) is 69.2 cm³/mol. The fraction of sp³-hybridized carbons (Fsp3) is 0.917. The second-order valence-corrected chi connectivity index (χ2v) is 7.27. The van der Waals surface area contributed by atoms with Crippen LogP contribution in [-0.4, -0.2) is 38.0 Å². The van der Waals surface area contributed by atoms with Crippen LogP contribution in [-0.2, 0) is 20.3 Å². The summed E-state index contributed by atoms with van der Waals surface area (Å²) < 4.78 is 16.6. The fourth-order valence-electron chi connectivity index (χ4n) is 1.44. The Labute approximate surface area is 106 Å². The third-order valence-electron chi connectivity index (χ3n) is 2.29. The number of hydrogen-bond acceptors (Lipinski definition) is 4. The van der Waals surface area contributed by atoms with Crippen molar-refractivity contribution in [1.82, 2.24) is 0 Å². The number of aliphatic hydroxyl groups is 1. The molecule has 0 saturated carbocycles. The van der Waals surface area contributed by atoms with Crippen molar-refractivity contribution in [3.63, 3.8) is 0 Å². The normalized spacial score (nSPS) is 17.3. The molecule has 0 spiro atoms. The minimum absolute atomic E-state index is 0.232. The minimum atomic E-state index is -1.46. The summed E-state index contributed by atoms with van der Waals surface area (Å²) in [4.78, 5) is 11.8. The summed E-state index contributed by atoms with van der Waals surface area (Å²) >= 11 is 0. The van der Waals surface area contributed by atoms with Crippen molar-refractivity contribution in [3.8, 4) is 0 Å². The molecule has 5 heteroatoms. The van der Waals surface area contributed by atoms with Crippen molar-refractivity contribution in [2.75, 3.05) is 6.61 Å². The molecule has 0 aromatic carbocycles. The molecule has 0 aromatic rings. The molecule has 0 aromatic heterocycles. The molecular weight excluding hydrogens is 240 g/mol. The summed E-state index contributed by atoms with van der Waals surface area (Å²) in [7, 11) is -1.46. The average Bonchev–Trinajstić information content (AvgIpc) is 2.17. The molecule has 0 amide bonds. The quantitative estimate of drug-likeness (QED) is 0.741. The van der Waals surface area contributed by atoms with Gasteiger partial charge in [0.15, 0.2) is 5.25 Å². The van der Waals surface area contributed by atoms with Gasteiger partial charge in [0.2, 0.25) is 0 Å². The van der Waals surface area contributed by atoms with Gasteiger partial charge in [-0.05, 0) is 34.1 Å². The highest BCUT2D eigenvalue weighted by Crippen LogP contribution is 2.21. The topological polar surface area (TPSA) is 63.6 Å². The molecule has 0 heterocycles. The van der Waals surface area contributed by atoms with Gasteiger partial charge >= 0.3 is 5.97 Å². The minimum Gasteiger partial charge on any atom is -0.465 e. The fourth-order valence-corrected chi connectivity index (χ4v) is 2.87. The lowest BCUT2D eigenvalue weighted by atomic mass is 10.1. The van der Waals surface area contributed by atoms with E-state index in [1.54, 1.807) is 27.7 Å². The van der Waals surface area contributed by atoms with Crippen LogP contribution in [0.2, 0.25) is 0 Å². The molecule has 0 bridgehead atoms. The lowest BCUT2D eigenvalue weighted by molar-refractivity contribution is -0.144. The highest BCUT2D eigenvalue weighted by molar-refractivity contribution is 7.87. The Hall–Kier alpha value is -0.420. The van der Waals surface area contributed by atoms with Crippen LogP contribution >= 0.6 is 0 Å². The largest absolute Gasteiger partial charge is 0.465 e. The SMILES string of the molecule is CCCC(O)C(C(=O)OCC)S(=O)C(C)(C)C. The van der Waals surface area contributed by atoms with E-state index in [0.29, 0.717) is 6.42 Å². The number of hydrogen-bond donors (Lipinski definition) is 1. The molecule has 0 fully saturated rings. The van der Waals surface area contributed by atoms with Gasteiger partial charge in [0.25, 0.3) is 0 Å². The lowest BCUT2D eigenvalue weighted by Crippen LogP contribution is -2.45. The van der Waals surface area contributed by atoms with E-state index in [4.69, 9.17) is 4.74 Å². The van der Waals surface area contributed by atoms with Gasteiger partial charge in [0.05, 0.1) is 12.7 Å². The van der Waals surface area contributed by atoms with Crippen molar-refractivity contribution in [2.24, 2.45) is 0 Å². The second-order valence-electron chi connectivity index (χ2n) is 4.94. The van der Waals surface area contributed by atoms with Crippen molar-refractivity contribution in [3.05, 3.63) is 0 Å². The second kappa shape index (κ2) is 7.11.